The Balaban J connectivity index is 2.10. The molecule has 2 rings (SSSR count). The predicted octanol–water partition coefficient (Wildman–Crippen LogP) is 4.65. The molecule has 1 aliphatic carbocycles. The molecule has 1 N–H and O–H groups in total. The standard InChI is InChI=1S/C19H30O2/c1-6-19(4,5)15-7-8-17(20)18(12-15)21-16-10-13(2)9-14(3)11-16/h9-11,15,17-18,20H,6-8,12H2,1-5H3. The lowest BCUT2D eigenvalue weighted by molar-refractivity contribution is -0.0334. The number of hydrogen-bond acceptors (Lipinski definition) is 2. The molecule has 2 nitrogen and oxygen atoms in total. The summed E-state index contributed by atoms with van der Waals surface area (Å²) in [7, 11) is 0. The highest BCUT2D eigenvalue weighted by molar-refractivity contribution is 5.33. The Bertz CT molecular complexity index is 458. The number of aliphatic hydroxyl groups is 1. The predicted molar refractivity (Wildman–Crippen MR) is 87.8 cm³/mol. The molecule has 0 aliphatic heterocycles. The molecular formula is C19H30O2. The van der Waals surface area contributed by atoms with Gasteiger partial charge >= 0.3 is 0 Å². The lowest BCUT2D eigenvalue weighted by Gasteiger charge is -2.41. The summed E-state index contributed by atoms with van der Waals surface area (Å²) in [5.74, 6) is 1.52. The molecule has 1 aromatic rings. The Labute approximate surface area is 129 Å². The molecule has 3 unspecified atom stereocenters. The fourth-order valence-corrected chi connectivity index (χ4v) is 3.41. The van der Waals surface area contributed by atoms with Gasteiger partial charge in [-0.2, -0.15) is 0 Å². The maximum Gasteiger partial charge on any atom is 0.125 e. The lowest BCUT2D eigenvalue weighted by atomic mass is 9.68. The largest absolute Gasteiger partial charge is 0.488 e. The van der Waals surface area contributed by atoms with Crippen LogP contribution in [0.4, 0.5) is 0 Å². The molecule has 1 saturated carbocycles. The maximum atomic E-state index is 10.3. The van der Waals surface area contributed by atoms with Crippen molar-refractivity contribution in [2.24, 2.45) is 11.3 Å². The normalized spacial score (nSPS) is 26.7. The number of hydrogen-bond donors (Lipinski definition) is 1. The van der Waals surface area contributed by atoms with Crippen molar-refractivity contribution < 1.29 is 9.84 Å². The van der Waals surface area contributed by atoms with E-state index >= 15 is 0 Å². The minimum absolute atomic E-state index is 0.0734. The van der Waals surface area contributed by atoms with Gasteiger partial charge in [0.1, 0.15) is 11.9 Å². The zero-order valence-corrected chi connectivity index (χ0v) is 14.1. The van der Waals surface area contributed by atoms with Gasteiger partial charge in [0.25, 0.3) is 0 Å². The molecule has 21 heavy (non-hydrogen) atoms. The summed E-state index contributed by atoms with van der Waals surface area (Å²) in [6.45, 7) is 11.1. The fourth-order valence-electron chi connectivity index (χ4n) is 3.41. The molecule has 0 amide bonds. The van der Waals surface area contributed by atoms with Gasteiger partial charge in [0.05, 0.1) is 6.10 Å². The van der Waals surface area contributed by atoms with E-state index in [2.05, 4.69) is 52.8 Å². The van der Waals surface area contributed by atoms with Crippen molar-refractivity contribution in [3.8, 4) is 5.75 Å². The van der Waals surface area contributed by atoms with Crippen molar-refractivity contribution >= 4 is 0 Å². The van der Waals surface area contributed by atoms with Crippen LogP contribution in [-0.4, -0.2) is 17.3 Å². The molecule has 0 saturated heterocycles. The first-order valence-electron chi connectivity index (χ1n) is 8.25. The number of aliphatic hydroxyl groups excluding tert-OH is 1. The second kappa shape index (κ2) is 6.39. The van der Waals surface area contributed by atoms with Crippen molar-refractivity contribution in [2.45, 2.75) is 72.5 Å². The Hall–Kier alpha value is -1.02. The first kappa shape index (κ1) is 16.4. The van der Waals surface area contributed by atoms with Crippen molar-refractivity contribution in [2.75, 3.05) is 0 Å². The molecule has 118 valence electrons. The average molecular weight is 290 g/mol. The molecule has 1 aliphatic rings. The SMILES string of the molecule is CCC(C)(C)C1CCC(O)C(Oc2cc(C)cc(C)c2)C1. The smallest absolute Gasteiger partial charge is 0.125 e. The molecule has 3 atom stereocenters. The first-order valence-corrected chi connectivity index (χ1v) is 8.25. The van der Waals surface area contributed by atoms with Gasteiger partial charge in [-0.1, -0.05) is 33.3 Å². The average Bonchev–Trinajstić information content (AvgIpc) is 2.40. The van der Waals surface area contributed by atoms with Crippen LogP contribution in [0.25, 0.3) is 0 Å². The summed E-state index contributed by atoms with van der Waals surface area (Å²) < 4.78 is 6.15. The third kappa shape index (κ3) is 4.00. The summed E-state index contributed by atoms with van der Waals surface area (Å²) in [4.78, 5) is 0. The highest BCUT2D eigenvalue weighted by atomic mass is 16.5. The number of benzene rings is 1. The van der Waals surface area contributed by atoms with Crippen LogP contribution >= 0.6 is 0 Å². The summed E-state index contributed by atoms with van der Waals surface area (Å²) in [6, 6.07) is 6.27. The monoisotopic (exact) mass is 290 g/mol. The van der Waals surface area contributed by atoms with Crippen LogP contribution in [0.3, 0.4) is 0 Å². The summed E-state index contributed by atoms with van der Waals surface area (Å²) >= 11 is 0. The van der Waals surface area contributed by atoms with Crippen molar-refractivity contribution in [3.63, 3.8) is 0 Å². The molecule has 0 heterocycles. The van der Waals surface area contributed by atoms with E-state index < -0.39 is 0 Å². The zero-order chi connectivity index (χ0) is 15.6. The van der Waals surface area contributed by atoms with Crippen LogP contribution in [0, 0.1) is 25.2 Å². The Kier molecular flexibility index (Phi) is 4.98. The summed E-state index contributed by atoms with van der Waals surface area (Å²) in [5.41, 5.74) is 2.74. The summed E-state index contributed by atoms with van der Waals surface area (Å²) in [6.07, 6.45) is 3.67. The van der Waals surface area contributed by atoms with E-state index in [0.29, 0.717) is 11.3 Å². The lowest BCUT2D eigenvalue weighted by Crippen LogP contribution is -2.42. The third-order valence-corrected chi connectivity index (χ3v) is 5.26. The van der Waals surface area contributed by atoms with Crippen LogP contribution in [0.5, 0.6) is 5.75 Å². The Morgan fingerprint density at radius 2 is 1.76 bits per heavy atom. The van der Waals surface area contributed by atoms with E-state index in [9.17, 15) is 5.11 Å². The molecule has 2 heteroatoms. The topological polar surface area (TPSA) is 29.5 Å². The van der Waals surface area contributed by atoms with Gasteiger partial charge in [-0.15, -0.1) is 0 Å². The van der Waals surface area contributed by atoms with Gasteiger partial charge in [-0.05, 0) is 67.7 Å². The molecule has 0 bridgehead atoms. The van der Waals surface area contributed by atoms with E-state index in [1.807, 2.05) is 0 Å². The molecule has 0 aromatic heterocycles. The number of rotatable bonds is 4. The third-order valence-electron chi connectivity index (χ3n) is 5.26. The molecule has 1 aromatic carbocycles. The quantitative estimate of drug-likeness (QED) is 0.874. The van der Waals surface area contributed by atoms with Gasteiger partial charge in [-0.25, -0.2) is 0 Å². The molecule has 0 spiro atoms. The fraction of sp³-hybridized carbons (Fsp3) is 0.684. The van der Waals surface area contributed by atoms with Crippen LogP contribution in [0.1, 0.15) is 57.6 Å². The maximum absolute atomic E-state index is 10.3. The molecular weight excluding hydrogens is 260 g/mol. The highest BCUT2D eigenvalue weighted by Gasteiger charge is 2.37. The zero-order valence-electron chi connectivity index (χ0n) is 14.1. The van der Waals surface area contributed by atoms with Crippen molar-refractivity contribution in [1.82, 2.24) is 0 Å². The van der Waals surface area contributed by atoms with Gasteiger partial charge in [0.15, 0.2) is 0 Å². The van der Waals surface area contributed by atoms with Crippen LogP contribution < -0.4 is 4.74 Å². The minimum Gasteiger partial charge on any atom is -0.488 e. The molecule has 0 radical (unpaired) electrons. The van der Waals surface area contributed by atoms with E-state index in [1.54, 1.807) is 0 Å². The van der Waals surface area contributed by atoms with Crippen LogP contribution in [0.2, 0.25) is 0 Å². The Morgan fingerprint density at radius 3 is 2.33 bits per heavy atom. The number of ether oxygens (including phenoxy) is 1. The van der Waals surface area contributed by atoms with E-state index in [4.69, 9.17) is 4.74 Å². The van der Waals surface area contributed by atoms with Crippen molar-refractivity contribution in [3.05, 3.63) is 29.3 Å². The van der Waals surface area contributed by atoms with E-state index in [1.165, 1.54) is 17.5 Å². The van der Waals surface area contributed by atoms with E-state index in [-0.39, 0.29) is 12.2 Å². The number of aryl methyl sites for hydroxylation is 2. The second-order valence-electron chi connectivity index (χ2n) is 7.40. The second-order valence-corrected chi connectivity index (χ2v) is 7.40. The van der Waals surface area contributed by atoms with Gasteiger partial charge in [-0.3, -0.25) is 0 Å². The van der Waals surface area contributed by atoms with Crippen LogP contribution in [0.15, 0.2) is 18.2 Å². The van der Waals surface area contributed by atoms with Gasteiger partial charge in [0, 0.05) is 0 Å². The van der Waals surface area contributed by atoms with Gasteiger partial charge in [0.2, 0.25) is 0 Å². The van der Waals surface area contributed by atoms with Gasteiger partial charge < -0.3 is 9.84 Å². The summed E-state index contributed by atoms with van der Waals surface area (Å²) in [5, 5.41) is 10.3. The van der Waals surface area contributed by atoms with E-state index in [0.717, 1.165) is 25.0 Å². The van der Waals surface area contributed by atoms with Crippen molar-refractivity contribution in [1.29, 1.82) is 0 Å². The van der Waals surface area contributed by atoms with Crippen LogP contribution in [-0.2, 0) is 0 Å². The molecule has 1 fully saturated rings. The Morgan fingerprint density at radius 1 is 1.14 bits per heavy atom. The minimum atomic E-state index is -0.338. The first-order chi connectivity index (χ1) is 9.81. The highest BCUT2D eigenvalue weighted by Crippen LogP contribution is 2.41.